The van der Waals surface area contributed by atoms with Crippen molar-refractivity contribution in [3.05, 3.63) is 23.8 Å². The number of aldehydes is 1. The van der Waals surface area contributed by atoms with Gasteiger partial charge in [-0.3, -0.25) is 4.79 Å². The molecule has 1 unspecified atom stereocenters. The summed E-state index contributed by atoms with van der Waals surface area (Å²) in [6, 6.07) is 6.13. The van der Waals surface area contributed by atoms with Gasteiger partial charge in [-0.2, -0.15) is 0 Å². The molecule has 4 heteroatoms. The fourth-order valence-electron chi connectivity index (χ4n) is 4.05. The standard InChI is InChI=1S/C18H25NO3/c1-21-18-11-14(12-20)7-8-17(18)22-13-15-5-4-10-19-9-3-2-6-16(15)19/h7-8,11-12,15-16H,2-6,9-10,13H2,1H3/p+1/t15-,16+/m0/s1. The molecule has 2 heterocycles. The van der Waals surface area contributed by atoms with Gasteiger partial charge in [-0.1, -0.05) is 0 Å². The zero-order valence-electron chi connectivity index (χ0n) is 13.3. The van der Waals surface area contributed by atoms with Crippen LogP contribution in [0.5, 0.6) is 11.5 Å². The Morgan fingerprint density at radius 2 is 2.05 bits per heavy atom. The second-order valence-corrected chi connectivity index (χ2v) is 6.50. The number of carbonyl (C=O) groups is 1. The SMILES string of the molecule is COc1cc(C=O)ccc1OC[C@@H]1CCC[NH+]2CCCC[C@H]12. The molecule has 0 aliphatic carbocycles. The summed E-state index contributed by atoms with van der Waals surface area (Å²) in [4.78, 5) is 12.6. The van der Waals surface area contributed by atoms with Gasteiger partial charge < -0.3 is 14.4 Å². The first-order chi connectivity index (χ1) is 10.8. The molecule has 0 bridgehead atoms. The molecule has 2 aliphatic rings. The maximum Gasteiger partial charge on any atom is 0.161 e. The van der Waals surface area contributed by atoms with Crippen LogP contribution in [-0.2, 0) is 0 Å². The summed E-state index contributed by atoms with van der Waals surface area (Å²) in [6.07, 6.45) is 7.48. The number of hydrogen-bond donors (Lipinski definition) is 1. The van der Waals surface area contributed by atoms with Gasteiger partial charge in [0.25, 0.3) is 0 Å². The topological polar surface area (TPSA) is 40.0 Å². The van der Waals surface area contributed by atoms with E-state index in [1.165, 1.54) is 45.2 Å². The number of quaternary nitrogens is 1. The zero-order chi connectivity index (χ0) is 15.4. The van der Waals surface area contributed by atoms with Gasteiger partial charge in [0, 0.05) is 11.5 Å². The highest BCUT2D eigenvalue weighted by Gasteiger charge is 2.36. The first-order valence-corrected chi connectivity index (χ1v) is 8.42. The number of carbonyl (C=O) groups excluding carboxylic acids is 1. The van der Waals surface area contributed by atoms with Crippen LogP contribution in [0.2, 0.25) is 0 Å². The Balaban J connectivity index is 1.65. The maximum atomic E-state index is 10.8. The van der Waals surface area contributed by atoms with Gasteiger partial charge in [-0.25, -0.2) is 0 Å². The van der Waals surface area contributed by atoms with Gasteiger partial charge in [0.05, 0.1) is 32.8 Å². The largest absolute Gasteiger partial charge is 0.493 e. The van der Waals surface area contributed by atoms with Gasteiger partial charge >= 0.3 is 0 Å². The quantitative estimate of drug-likeness (QED) is 0.842. The molecule has 0 radical (unpaired) electrons. The molecule has 2 saturated heterocycles. The van der Waals surface area contributed by atoms with Crippen molar-refractivity contribution in [2.75, 3.05) is 26.8 Å². The van der Waals surface area contributed by atoms with Crippen molar-refractivity contribution in [1.82, 2.24) is 0 Å². The highest BCUT2D eigenvalue weighted by Crippen LogP contribution is 2.29. The number of ether oxygens (including phenoxy) is 2. The van der Waals surface area contributed by atoms with Crippen molar-refractivity contribution in [2.45, 2.75) is 38.1 Å². The Kier molecular flexibility index (Phi) is 4.98. The summed E-state index contributed by atoms with van der Waals surface area (Å²) in [5, 5.41) is 0. The molecule has 0 spiro atoms. The molecule has 3 atom stereocenters. The Hall–Kier alpha value is -1.55. The number of nitrogens with one attached hydrogen (secondary N) is 1. The monoisotopic (exact) mass is 304 g/mol. The number of methoxy groups -OCH3 is 1. The van der Waals surface area contributed by atoms with Crippen LogP contribution in [0.15, 0.2) is 18.2 Å². The zero-order valence-corrected chi connectivity index (χ0v) is 13.3. The van der Waals surface area contributed by atoms with Crippen LogP contribution in [0.1, 0.15) is 42.5 Å². The van der Waals surface area contributed by atoms with Crippen LogP contribution < -0.4 is 14.4 Å². The summed E-state index contributed by atoms with van der Waals surface area (Å²) in [6.45, 7) is 3.42. The Labute approximate surface area is 132 Å². The lowest BCUT2D eigenvalue weighted by molar-refractivity contribution is -0.940. The molecule has 22 heavy (non-hydrogen) atoms. The van der Waals surface area contributed by atoms with Crippen molar-refractivity contribution < 1.29 is 19.2 Å². The first-order valence-electron chi connectivity index (χ1n) is 8.42. The van der Waals surface area contributed by atoms with Crippen LogP contribution in [0.4, 0.5) is 0 Å². The van der Waals surface area contributed by atoms with Crippen molar-refractivity contribution in [3.8, 4) is 11.5 Å². The van der Waals surface area contributed by atoms with Crippen molar-refractivity contribution in [3.63, 3.8) is 0 Å². The summed E-state index contributed by atoms with van der Waals surface area (Å²) >= 11 is 0. The first kappa shape index (κ1) is 15.3. The molecule has 1 aromatic rings. The summed E-state index contributed by atoms with van der Waals surface area (Å²) in [5.74, 6) is 2.03. The predicted octanol–water partition coefficient (Wildman–Crippen LogP) is 1.73. The highest BCUT2D eigenvalue weighted by atomic mass is 16.5. The second-order valence-electron chi connectivity index (χ2n) is 6.50. The van der Waals surface area contributed by atoms with Crippen LogP contribution in [0, 0.1) is 5.92 Å². The fourth-order valence-corrected chi connectivity index (χ4v) is 4.05. The number of benzene rings is 1. The lowest BCUT2D eigenvalue weighted by Crippen LogP contribution is -3.18. The minimum atomic E-state index is 0.616. The third kappa shape index (κ3) is 3.27. The lowest BCUT2D eigenvalue weighted by Gasteiger charge is -2.41. The van der Waals surface area contributed by atoms with E-state index in [1.54, 1.807) is 24.1 Å². The van der Waals surface area contributed by atoms with Crippen molar-refractivity contribution >= 4 is 6.29 Å². The van der Waals surface area contributed by atoms with Gasteiger partial charge in [-0.15, -0.1) is 0 Å². The molecular weight excluding hydrogens is 278 g/mol. The number of fused-ring (bicyclic) bond motifs is 1. The molecular formula is C18H26NO3+. The molecule has 3 rings (SSSR count). The van der Waals surface area contributed by atoms with E-state index in [0.29, 0.717) is 17.2 Å². The third-order valence-corrected chi connectivity index (χ3v) is 5.21. The average Bonchev–Trinajstić information content (AvgIpc) is 2.59. The molecule has 4 nitrogen and oxygen atoms in total. The molecule has 1 N–H and O–H groups in total. The van der Waals surface area contributed by atoms with Crippen molar-refractivity contribution in [1.29, 1.82) is 0 Å². The van der Waals surface area contributed by atoms with Crippen LogP contribution in [-0.4, -0.2) is 39.1 Å². The predicted molar refractivity (Wildman–Crippen MR) is 84.9 cm³/mol. The van der Waals surface area contributed by atoms with E-state index >= 15 is 0 Å². The van der Waals surface area contributed by atoms with Gasteiger partial charge in [0.15, 0.2) is 11.5 Å². The minimum absolute atomic E-state index is 0.616. The smallest absolute Gasteiger partial charge is 0.161 e. The van der Waals surface area contributed by atoms with Crippen LogP contribution >= 0.6 is 0 Å². The molecule has 0 saturated carbocycles. The molecule has 0 amide bonds. The third-order valence-electron chi connectivity index (χ3n) is 5.21. The average molecular weight is 304 g/mol. The molecule has 0 aromatic heterocycles. The Morgan fingerprint density at radius 3 is 2.86 bits per heavy atom. The number of hydrogen-bond acceptors (Lipinski definition) is 3. The molecule has 1 aromatic carbocycles. The molecule has 2 aliphatic heterocycles. The summed E-state index contributed by atoms with van der Waals surface area (Å²) < 4.78 is 11.4. The van der Waals surface area contributed by atoms with Gasteiger partial charge in [0.1, 0.15) is 6.29 Å². The second kappa shape index (κ2) is 7.14. The highest BCUT2D eigenvalue weighted by molar-refractivity contribution is 5.76. The van der Waals surface area contributed by atoms with Crippen LogP contribution in [0.3, 0.4) is 0 Å². The van der Waals surface area contributed by atoms with Crippen molar-refractivity contribution in [2.24, 2.45) is 5.92 Å². The summed E-state index contributed by atoms with van der Waals surface area (Å²) in [7, 11) is 1.62. The van der Waals surface area contributed by atoms with E-state index in [0.717, 1.165) is 24.7 Å². The van der Waals surface area contributed by atoms with E-state index in [2.05, 4.69) is 0 Å². The van der Waals surface area contributed by atoms with Gasteiger partial charge in [-0.05, 0) is 50.3 Å². The maximum absolute atomic E-state index is 10.8. The summed E-state index contributed by atoms with van der Waals surface area (Å²) in [5.41, 5.74) is 0.616. The lowest BCUT2D eigenvalue weighted by atomic mass is 9.84. The van der Waals surface area contributed by atoms with Gasteiger partial charge in [0.2, 0.25) is 0 Å². The number of rotatable bonds is 5. The number of piperidine rings is 2. The molecule has 120 valence electrons. The Morgan fingerprint density at radius 1 is 1.18 bits per heavy atom. The Bertz CT molecular complexity index is 515. The van der Waals surface area contributed by atoms with E-state index in [-0.39, 0.29) is 0 Å². The van der Waals surface area contributed by atoms with E-state index < -0.39 is 0 Å². The normalized spacial score (nSPS) is 27.8. The molecule has 2 fully saturated rings. The fraction of sp³-hybridized carbons (Fsp3) is 0.611. The van der Waals surface area contributed by atoms with E-state index in [1.807, 2.05) is 6.07 Å². The van der Waals surface area contributed by atoms with Crippen LogP contribution in [0.25, 0.3) is 0 Å². The minimum Gasteiger partial charge on any atom is -0.493 e. The van der Waals surface area contributed by atoms with E-state index in [9.17, 15) is 4.79 Å². The van der Waals surface area contributed by atoms with E-state index in [4.69, 9.17) is 9.47 Å².